The average Bonchev–Trinajstić information content (AvgIpc) is 2.84. The number of hydrogen-bond donors (Lipinski definition) is 3. The predicted molar refractivity (Wildman–Crippen MR) is 111 cm³/mol. The molecule has 3 aromatic rings. The molecule has 0 atom stereocenters. The molecule has 25 heavy (non-hydrogen) atoms. The maximum Gasteiger partial charge on any atom is 0.113 e. The Balaban J connectivity index is 0.000000269. The Morgan fingerprint density at radius 1 is 0.720 bits per heavy atom. The van der Waals surface area contributed by atoms with Crippen LogP contribution in [0.5, 0.6) is 0 Å². The van der Waals surface area contributed by atoms with Crippen molar-refractivity contribution in [3.63, 3.8) is 0 Å². The molecular formula is C20H27B2NO2. The third-order valence-electron chi connectivity index (χ3n) is 4.14. The lowest BCUT2D eigenvalue weighted by Crippen LogP contribution is -2.44. The minimum absolute atomic E-state index is 0.766. The average molecular weight is 335 g/mol. The molecule has 0 aliphatic heterocycles. The Morgan fingerprint density at radius 3 is 1.32 bits per heavy atom. The molecule has 3 rings (SSSR count). The number of hydrogen-bond acceptors (Lipinski definition) is 2. The smallest absolute Gasteiger partial charge is 0.113 e. The van der Waals surface area contributed by atoms with Gasteiger partial charge in [-0.3, -0.25) is 0 Å². The Kier molecular flexibility index (Phi) is 6.92. The molecule has 0 bridgehead atoms. The van der Waals surface area contributed by atoms with Crippen molar-refractivity contribution in [3.8, 4) is 0 Å². The Labute approximate surface area is 153 Å². The molecule has 130 valence electrons. The zero-order valence-electron chi connectivity index (χ0n) is 16.0. The fourth-order valence-corrected chi connectivity index (χ4v) is 1.95. The zero-order chi connectivity index (χ0) is 19.4. The van der Waals surface area contributed by atoms with Gasteiger partial charge in [0.25, 0.3) is 0 Å². The minimum atomic E-state index is -1.01. The lowest BCUT2D eigenvalue weighted by atomic mass is 9.90. The van der Waals surface area contributed by atoms with E-state index in [1.807, 2.05) is 50.2 Å². The van der Waals surface area contributed by atoms with E-state index in [2.05, 4.69) is 4.98 Å². The van der Waals surface area contributed by atoms with Crippen molar-refractivity contribution in [1.82, 2.24) is 4.98 Å². The van der Waals surface area contributed by atoms with Gasteiger partial charge < -0.3 is 15.2 Å². The molecular weight excluding hydrogens is 308 g/mol. The van der Waals surface area contributed by atoms with Crippen LogP contribution in [0.4, 0.5) is 0 Å². The van der Waals surface area contributed by atoms with Gasteiger partial charge in [-0.2, -0.15) is 0 Å². The van der Waals surface area contributed by atoms with E-state index < -0.39 is 11.2 Å². The van der Waals surface area contributed by atoms with Crippen LogP contribution in [-0.4, -0.2) is 42.1 Å². The fourth-order valence-electron chi connectivity index (χ4n) is 1.95. The molecule has 0 aliphatic carbocycles. The van der Waals surface area contributed by atoms with Gasteiger partial charge in [-0.25, -0.2) is 0 Å². The highest BCUT2D eigenvalue weighted by Gasteiger charge is 2.31. The molecule has 0 amide bonds. The van der Waals surface area contributed by atoms with Crippen molar-refractivity contribution < 1.29 is 10.2 Å². The molecule has 4 radical (unpaired) electrons. The molecule has 0 saturated carbocycles. The first kappa shape index (κ1) is 21.3. The molecule has 5 heteroatoms. The summed E-state index contributed by atoms with van der Waals surface area (Å²) in [6.07, 6.45) is 0. The molecule has 0 spiro atoms. The second-order valence-electron chi connectivity index (χ2n) is 6.85. The summed E-state index contributed by atoms with van der Waals surface area (Å²) in [5.41, 5.74) is 1.62. The van der Waals surface area contributed by atoms with Crippen LogP contribution >= 0.6 is 0 Å². The summed E-state index contributed by atoms with van der Waals surface area (Å²) < 4.78 is 0. The first-order valence-electron chi connectivity index (χ1n) is 8.50. The normalized spacial score (nSPS) is 11.5. The van der Waals surface area contributed by atoms with Crippen molar-refractivity contribution in [1.29, 1.82) is 0 Å². The molecule has 3 nitrogen and oxygen atoms in total. The number of H-pyrrole nitrogens is 1. The zero-order valence-corrected chi connectivity index (χ0v) is 16.0. The van der Waals surface area contributed by atoms with Crippen molar-refractivity contribution in [2.24, 2.45) is 0 Å². The van der Waals surface area contributed by atoms with E-state index in [0.717, 1.165) is 22.0 Å². The van der Waals surface area contributed by atoms with Gasteiger partial charge in [0, 0.05) is 21.8 Å². The second-order valence-corrected chi connectivity index (χ2v) is 6.85. The first-order chi connectivity index (χ1) is 11.5. The van der Waals surface area contributed by atoms with Crippen molar-refractivity contribution in [3.05, 3.63) is 36.4 Å². The van der Waals surface area contributed by atoms with E-state index in [-0.39, 0.29) is 0 Å². The van der Waals surface area contributed by atoms with E-state index in [1.54, 1.807) is 27.7 Å². The van der Waals surface area contributed by atoms with Gasteiger partial charge in [0.15, 0.2) is 0 Å². The van der Waals surface area contributed by atoms with Crippen LogP contribution in [0, 0.1) is 0 Å². The third kappa shape index (κ3) is 5.38. The molecule has 0 saturated heterocycles. The van der Waals surface area contributed by atoms with Crippen molar-refractivity contribution in [2.75, 3.05) is 0 Å². The second kappa shape index (κ2) is 8.11. The van der Waals surface area contributed by atoms with E-state index in [1.165, 1.54) is 10.8 Å². The molecule has 1 heterocycles. The summed E-state index contributed by atoms with van der Waals surface area (Å²) in [7, 11) is 11.5. The number of aromatic nitrogens is 1. The lowest BCUT2D eigenvalue weighted by Gasteiger charge is -2.31. The van der Waals surface area contributed by atoms with Gasteiger partial charge >= 0.3 is 0 Å². The summed E-state index contributed by atoms with van der Waals surface area (Å²) in [5, 5.41) is 20.6. The largest absolute Gasteiger partial charge is 0.387 e. The van der Waals surface area contributed by atoms with E-state index in [0.29, 0.717) is 0 Å². The van der Waals surface area contributed by atoms with Crippen LogP contribution in [0.2, 0.25) is 0 Å². The highest BCUT2D eigenvalue weighted by Crippen LogP contribution is 2.23. The van der Waals surface area contributed by atoms with Crippen LogP contribution in [0.25, 0.3) is 21.8 Å². The quantitative estimate of drug-likeness (QED) is 0.599. The number of aliphatic hydroxyl groups is 2. The molecule has 1 aromatic heterocycles. The van der Waals surface area contributed by atoms with Gasteiger partial charge in [0.1, 0.15) is 15.7 Å². The Morgan fingerprint density at radius 2 is 1.04 bits per heavy atom. The summed E-state index contributed by atoms with van der Waals surface area (Å²) in [6.45, 7) is 10.3. The molecule has 2 aromatic carbocycles. The van der Waals surface area contributed by atoms with Gasteiger partial charge in [-0.1, -0.05) is 49.0 Å². The number of fused-ring (bicyclic) bond motifs is 3. The minimum Gasteiger partial charge on any atom is -0.387 e. The van der Waals surface area contributed by atoms with Crippen LogP contribution in [-0.2, 0) is 0 Å². The van der Waals surface area contributed by atoms with Gasteiger partial charge in [0.2, 0.25) is 0 Å². The maximum atomic E-state index is 9.10. The van der Waals surface area contributed by atoms with Crippen LogP contribution < -0.4 is 10.9 Å². The summed E-state index contributed by atoms with van der Waals surface area (Å²) in [4.78, 5) is 3.30. The van der Waals surface area contributed by atoms with E-state index in [9.17, 15) is 0 Å². The van der Waals surface area contributed by atoms with E-state index in [4.69, 9.17) is 25.9 Å². The summed E-state index contributed by atoms with van der Waals surface area (Å²) in [5.74, 6) is 0. The van der Waals surface area contributed by atoms with Gasteiger partial charge in [-0.05, 0) is 39.8 Å². The molecule has 0 fully saturated rings. The number of benzene rings is 2. The Bertz CT molecular complexity index is 759. The Hall–Kier alpha value is -1.71. The SMILES string of the molecule is CC.CC(C)(O)C(C)(C)O.[B]c1ccc2c(c1)[nH]c1cc([B])ccc12. The van der Waals surface area contributed by atoms with Crippen LogP contribution in [0.3, 0.4) is 0 Å². The monoisotopic (exact) mass is 335 g/mol. The highest BCUT2D eigenvalue weighted by molar-refractivity contribution is 6.34. The van der Waals surface area contributed by atoms with Crippen LogP contribution in [0.15, 0.2) is 36.4 Å². The maximum absolute atomic E-state index is 9.10. The third-order valence-corrected chi connectivity index (χ3v) is 4.14. The first-order valence-corrected chi connectivity index (χ1v) is 8.50. The molecule has 0 unspecified atom stereocenters. The van der Waals surface area contributed by atoms with E-state index >= 15 is 0 Å². The molecule has 0 aliphatic rings. The summed E-state index contributed by atoms with van der Waals surface area (Å²) >= 11 is 0. The number of rotatable bonds is 1. The lowest BCUT2D eigenvalue weighted by molar-refractivity contribution is -0.107. The predicted octanol–water partition coefficient (Wildman–Crippen LogP) is 2.46. The van der Waals surface area contributed by atoms with Crippen molar-refractivity contribution >= 4 is 48.4 Å². The van der Waals surface area contributed by atoms with Gasteiger partial charge in [0.05, 0.1) is 11.2 Å². The fraction of sp³-hybridized carbons (Fsp3) is 0.400. The highest BCUT2D eigenvalue weighted by atomic mass is 16.3. The number of nitrogens with one attached hydrogen (secondary N) is 1. The standard InChI is InChI=1S/C12H7B2N.C6H14O2.C2H6/c13-7-1-3-9-10-4-2-8(14)6-12(10)15-11(9)5-7;1-5(2,7)6(3,4)8;1-2/h1-6,15H;7-8H,1-4H3;1-2H3. The summed E-state index contributed by atoms with van der Waals surface area (Å²) in [6, 6.07) is 11.7. The van der Waals surface area contributed by atoms with Crippen molar-refractivity contribution in [2.45, 2.75) is 52.7 Å². The van der Waals surface area contributed by atoms with Gasteiger partial charge in [-0.15, -0.1) is 0 Å². The number of aromatic amines is 1. The van der Waals surface area contributed by atoms with Crippen LogP contribution in [0.1, 0.15) is 41.5 Å². The topological polar surface area (TPSA) is 56.2 Å². The molecule has 3 N–H and O–H groups in total.